The molecule has 0 saturated carbocycles. The molecule has 0 spiro atoms. The van der Waals surface area contributed by atoms with Crippen LogP contribution in [0.5, 0.6) is 5.75 Å². The molecule has 0 unspecified atom stereocenters. The average molecular weight is 493 g/mol. The molecule has 35 heavy (non-hydrogen) atoms. The molecule has 1 nitrogen and oxygen atoms in total. The van der Waals surface area contributed by atoms with Crippen LogP contribution in [-0.2, 0) is 19.3 Å². The Balaban J connectivity index is 1.78. The predicted molar refractivity (Wildman–Crippen MR) is 126 cm³/mol. The minimum atomic E-state index is -3.00. The lowest BCUT2D eigenvalue weighted by Gasteiger charge is -2.17. The summed E-state index contributed by atoms with van der Waals surface area (Å²) in [6.45, 7) is 2.89. The standard InChI is InChI=1S/C28H26F6O/c1-3-35-23-16-17(2)22(24(27(23)32)28(33)34)13-8-18-4-9-20(10-5-18)25(30)26(31)21-11-6-19(7-12-21)14-15-29/h4-7,9-12,16,28H,3,8,13-15H2,1-2H3/b26-25+. The zero-order chi connectivity index (χ0) is 25.5. The smallest absolute Gasteiger partial charge is 0.267 e. The molecule has 0 fully saturated rings. The lowest BCUT2D eigenvalue weighted by Crippen LogP contribution is -2.07. The van der Waals surface area contributed by atoms with Crippen LogP contribution in [0.4, 0.5) is 26.3 Å². The summed E-state index contributed by atoms with van der Waals surface area (Å²) >= 11 is 0. The number of aryl methyl sites for hydroxylation is 3. The minimum Gasteiger partial charge on any atom is -0.491 e. The van der Waals surface area contributed by atoms with Gasteiger partial charge in [0, 0.05) is 17.5 Å². The van der Waals surface area contributed by atoms with E-state index < -0.39 is 36.1 Å². The van der Waals surface area contributed by atoms with E-state index in [1.54, 1.807) is 38.1 Å². The Morgan fingerprint density at radius 3 is 1.80 bits per heavy atom. The van der Waals surface area contributed by atoms with Crippen molar-refractivity contribution in [3.05, 3.63) is 99.4 Å². The largest absolute Gasteiger partial charge is 0.491 e. The number of hydrogen-bond donors (Lipinski definition) is 0. The molecule has 0 aliphatic rings. The van der Waals surface area contributed by atoms with Gasteiger partial charge < -0.3 is 4.74 Å². The molecular formula is C28H26F6O. The molecule has 0 aliphatic carbocycles. The number of ether oxygens (including phenoxy) is 1. The summed E-state index contributed by atoms with van der Waals surface area (Å²) in [5, 5.41) is 0. The van der Waals surface area contributed by atoms with Gasteiger partial charge in [-0.05, 0) is 55.0 Å². The topological polar surface area (TPSA) is 9.23 Å². The Bertz CT molecular complexity index is 1170. The van der Waals surface area contributed by atoms with Crippen molar-refractivity contribution in [2.24, 2.45) is 0 Å². The molecular weight excluding hydrogens is 466 g/mol. The average Bonchev–Trinajstić information content (AvgIpc) is 2.85. The van der Waals surface area contributed by atoms with Gasteiger partial charge in [-0.15, -0.1) is 0 Å². The summed E-state index contributed by atoms with van der Waals surface area (Å²) in [4.78, 5) is 0. The molecule has 0 radical (unpaired) electrons. The second kappa shape index (κ2) is 12.0. The second-order valence-electron chi connectivity index (χ2n) is 8.09. The lowest BCUT2D eigenvalue weighted by atomic mass is 9.94. The third kappa shape index (κ3) is 6.27. The summed E-state index contributed by atoms with van der Waals surface area (Å²) in [5.74, 6) is -3.33. The van der Waals surface area contributed by atoms with Crippen LogP contribution in [0.1, 0.15) is 52.3 Å². The first kappa shape index (κ1) is 26.4. The number of halogens is 6. The van der Waals surface area contributed by atoms with Crippen LogP contribution in [0, 0.1) is 12.7 Å². The Morgan fingerprint density at radius 1 is 0.829 bits per heavy atom. The highest BCUT2D eigenvalue weighted by molar-refractivity contribution is 5.83. The van der Waals surface area contributed by atoms with Crippen LogP contribution in [0.25, 0.3) is 11.7 Å². The molecule has 3 aromatic rings. The van der Waals surface area contributed by atoms with E-state index in [1.807, 2.05) is 0 Å². The summed E-state index contributed by atoms with van der Waals surface area (Å²) in [7, 11) is 0. The fraction of sp³-hybridized carbons (Fsp3) is 0.286. The highest BCUT2D eigenvalue weighted by Gasteiger charge is 2.24. The van der Waals surface area contributed by atoms with E-state index in [9.17, 15) is 26.3 Å². The number of hydrogen-bond acceptors (Lipinski definition) is 1. The lowest BCUT2D eigenvalue weighted by molar-refractivity contribution is 0.143. The van der Waals surface area contributed by atoms with Crippen molar-refractivity contribution in [2.75, 3.05) is 13.3 Å². The first-order chi connectivity index (χ1) is 16.8. The van der Waals surface area contributed by atoms with E-state index in [0.717, 1.165) is 0 Å². The van der Waals surface area contributed by atoms with E-state index >= 15 is 0 Å². The van der Waals surface area contributed by atoms with Gasteiger partial charge in [0.25, 0.3) is 6.43 Å². The zero-order valence-electron chi connectivity index (χ0n) is 19.5. The first-order valence-electron chi connectivity index (χ1n) is 11.3. The van der Waals surface area contributed by atoms with Gasteiger partial charge in [0.1, 0.15) is 0 Å². The van der Waals surface area contributed by atoms with Gasteiger partial charge in [-0.25, -0.2) is 22.0 Å². The zero-order valence-corrected chi connectivity index (χ0v) is 19.5. The highest BCUT2D eigenvalue weighted by Crippen LogP contribution is 2.35. The van der Waals surface area contributed by atoms with Crippen molar-refractivity contribution in [3.63, 3.8) is 0 Å². The van der Waals surface area contributed by atoms with Crippen molar-refractivity contribution in [2.45, 2.75) is 39.5 Å². The van der Waals surface area contributed by atoms with Crippen LogP contribution in [0.2, 0.25) is 0 Å². The van der Waals surface area contributed by atoms with Crippen molar-refractivity contribution >= 4 is 11.7 Å². The van der Waals surface area contributed by atoms with Gasteiger partial charge in [-0.3, -0.25) is 4.39 Å². The molecule has 3 rings (SSSR count). The molecule has 0 N–H and O–H groups in total. The second-order valence-corrected chi connectivity index (χ2v) is 8.09. The maximum absolute atomic E-state index is 14.7. The molecule has 0 atom stereocenters. The summed E-state index contributed by atoms with van der Waals surface area (Å²) in [5.41, 5.74) is 1.49. The van der Waals surface area contributed by atoms with Crippen molar-refractivity contribution in [3.8, 4) is 5.75 Å². The van der Waals surface area contributed by atoms with Gasteiger partial charge >= 0.3 is 0 Å². The van der Waals surface area contributed by atoms with Crippen molar-refractivity contribution in [1.29, 1.82) is 0 Å². The molecule has 0 bridgehead atoms. The van der Waals surface area contributed by atoms with E-state index in [1.165, 1.54) is 30.3 Å². The molecule has 0 aliphatic heterocycles. The maximum Gasteiger partial charge on any atom is 0.267 e. The van der Waals surface area contributed by atoms with Crippen LogP contribution in [-0.4, -0.2) is 13.3 Å². The first-order valence-corrected chi connectivity index (χ1v) is 11.3. The summed E-state index contributed by atoms with van der Waals surface area (Å²) in [6, 6.07) is 13.3. The van der Waals surface area contributed by atoms with Gasteiger partial charge in [0.15, 0.2) is 23.2 Å². The quantitative estimate of drug-likeness (QED) is 0.204. The predicted octanol–water partition coefficient (Wildman–Crippen LogP) is 8.53. The Hall–Kier alpha value is -3.22. The van der Waals surface area contributed by atoms with Gasteiger partial charge in [-0.2, -0.15) is 0 Å². The summed E-state index contributed by atoms with van der Waals surface area (Å²) < 4.78 is 88.7. The normalized spacial score (nSPS) is 12.1. The van der Waals surface area contributed by atoms with Gasteiger partial charge in [0.05, 0.1) is 18.8 Å². The van der Waals surface area contributed by atoms with Crippen LogP contribution in [0.15, 0.2) is 54.6 Å². The van der Waals surface area contributed by atoms with Crippen LogP contribution in [0.3, 0.4) is 0 Å². The molecule has 0 saturated heterocycles. The molecule has 0 amide bonds. The molecule has 0 aromatic heterocycles. The SMILES string of the molecule is CCOc1cc(C)c(CCc2ccc(/C(F)=C(\F)c3ccc(CCF)cc3)cc2)c(C(F)F)c1F. The van der Waals surface area contributed by atoms with E-state index in [-0.39, 0.29) is 41.9 Å². The van der Waals surface area contributed by atoms with Gasteiger partial charge in [0.2, 0.25) is 0 Å². The van der Waals surface area contributed by atoms with E-state index in [0.29, 0.717) is 23.1 Å². The molecule has 186 valence electrons. The number of rotatable bonds is 10. The van der Waals surface area contributed by atoms with E-state index in [2.05, 4.69) is 0 Å². The Labute approximate surface area is 201 Å². The van der Waals surface area contributed by atoms with E-state index in [4.69, 9.17) is 4.74 Å². The molecule has 0 heterocycles. The fourth-order valence-corrected chi connectivity index (χ4v) is 3.91. The molecule has 7 heteroatoms. The monoisotopic (exact) mass is 492 g/mol. The third-order valence-electron chi connectivity index (χ3n) is 5.77. The number of alkyl halides is 3. The van der Waals surface area contributed by atoms with Crippen LogP contribution < -0.4 is 4.74 Å². The number of benzene rings is 3. The van der Waals surface area contributed by atoms with Crippen molar-refractivity contribution < 1.29 is 31.1 Å². The van der Waals surface area contributed by atoms with Crippen LogP contribution >= 0.6 is 0 Å². The fourth-order valence-electron chi connectivity index (χ4n) is 3.91. The molecule has 3 aromatic carbocycles. The minimum absolute atomic E-state index is 0.0237. The summed E-state index contributed by atoms with van der Waals surface area (Å²) in [6.07, 6.45) is -2.35. The maximum atomic E-state index is 14.7. The van der Waals surface area contributed by atoms with Crippen molar-refractivity contribution in [1.82, 2.24) is 0 Å². The van der Waals surface area contributed by atoms with Gasteiger partial charge in [-0.1, -0.05) is 48.5 Å². The highest BCUT2D eigenvalue weighted by atomic mass is 19.3. The Kier molecular flexibility index (Phi) is 9.01. The Morgan fingerprint density at radius 2 is 1.34 bits per heavy atom. The third-order valence-corrected chi connectivity index (χ3v) is 5.77.